The summed E-state index contributed by atoms with van der Waals surface area (Å²) in [5, 5.41) is 5.47. The van der Waals surface area contributed by atoms with Crippen LogP contribution in [-0.2, 0) is 20.7 Å². The first-order valence-electron chi connectivity index (χ1n) is 9.96. The highest BCUT2D eigenvalue weighted by Gasteiger charge is 2.37. The third-order valence-corrected chi connectivity index (χ3v) is 5.13. The summed E-state index contributed by atoms with van der Waals surface area (Å²) in [6, 6.07) is 4.91. The number of ether oxygens (including phenoxy) is 1. The number of carbonyl (C=O) groups is 3. The van der Waals surface area contributed by atoms with E-state index in [-0.39, 0.29) is 37.0 Å². The van der Waals surface area contributed by atoms with Gasteiger partial charge in [-0.05, 0) is 30.5 Å². The molecule has 3 rings (SSSR count). The Morgan fingerprint density at radius 2 is 2.03 bits per heavy atom. The summed E-state index contributed by atoms with van der Waals surface area (Å²) in [4.78, 5) is 39.9. The number of morpholine rings is 1. The van der Waals surface area contributed by atoms with Crippen molar-refractivity contribution >= 4 is 17.8 Å². The first kappa shape index (κ1) is 21.2. The number of halogens is 1. The molecular weight excluding hydrogens is 379 g/mol. The molecule has 2 fully saturated rings. The Labute approximate surface area is 169 Å². The standard InChI is InChI=1S/C20H27FN4O4/c21-16-3-1-2-15(14-16)6-8-25-19(27)17(23-20(25)28)4-5-18(26)22-7-9-24-10-12-29-13-11-24/h1-3,14,17H,4-13H2,(H,22,26)(H,23,28)/t17-/m1/s1. The smallest absolute Gasteiger partial charge is 0.324 e. The Balaban J connectivity index is 1.37. The molecule has 2 N–H and O–H groups in total. The third kappa shape index (κ3) is 6.23. The number of hydrogen-bond donors (Lipinski definition) is 2. The van der Waals surface area contributed by atoms with E-state index in [2.05, 4.69) is 15.5 Å². The lowest BCUT2D eigenvalue weighted by atomic mass is 10.1. The van der Waals surface area contributed by atoms with Crippen LogP contribution < -0.4 is 10.6 Å². The molecule has 2 saturated heterocycles. The normalized spacial score (nSPS) is 20.0. The van der Waals surface area contributed by atoms with Gasteiger partial charge in [0.25, 0.3) is 5.91 Å². The molecule has 2 heterocycles. The van der Waals surface area contributed by atoms with Crippen LogP contribution in [0.15, 0.2) is 24.3 Å². The van der Waals surface area contributed by atoms with E-state index in [4.69, 9.17) is 4.74 Å². The van der Waals surface area contributed by atoms with Crippen molar-refractivity contribution < 1.29 is 23.5 Å². The van der Waals surface area contributed by atoms with Crippen LogP contribution in [0.25, 0.3) is 0 Å². The molecule has 4 amide bonds. The van der Waals surface area contributed by atoms with Crippen LogP contribution in [0.2, 0.25) is 0 Å². The SMILES string of the molecule is O=C(CC[C@H]1NC(=O)N(CCc2cccc(F)c2)C1=O)NCCN1CCOCC1. The minimum Gasteiger partial charge on any atom is -0.379 e. The molecule has 8 nitrogen and oxygen atoms in total. The summed E-state index contributed by atoms with van der Waals surface area (Å²) in [5.74, 6) is -0.830. The maximum atomic E-state index is 13.2. The molecule has 1 atom stereocenters. The molecule has 0 unspecified atom stereocenters. The van der Waals surface area contributed by atoms with Crippen molar-refractivity contribution in [2.45, 2.75) is 25.3 Å². The van der Waals surface area contributed by atoms with Crippen molar-refractivity contribution in [2.24, 2.45) is 0 Å². The number of rotatable bonds is 9. The van der Waals surface area contributed by atoms with Crippen molar-refractivity contribution in [1.82, 2.24) is 20.4 Å². The number of carbonyl (C=O) groups excluding carboxylic acids is 3. The van der Waals surface area contributed by atoms with Crippen LogP contribution in [0.5, 0.6) is 0 Å². The number of imide groups is 1. The van der Waals surface area contributed by atoms with Gasteiger partial charge in [-0.3, -0.25) is 19.4 Å². The minimum atomic E-state index is -0.694. The molecule has 158 valence electrons. The van der Waals surface area contributed by atoms with Crippen molar-refractivity contribution in [2.75, 3.05) is 45.9 Å². The third-order valence-electron chi connectivity index (χ3n) is 5.13. The van der Waals surface area contributed by atoms with Gasteiger partial charge in [-0.1, -0.05) is 12.1 Å². The zero-order chi connectivity index (χ0) is 20.6. The molecular formula is C20H27FN4O4. The summed E-state index contributed by atoms with van der Waals surface area (Å²) in [5.41, 5.74) is 0.716. The molecule has 0 radical (unpaired) electrons. The van der Waals surface area contributed by atoms with Gasteiger partial charge in [-0.25, -0.2) is 9.18 Å². The maximum absolute atomic E-state index is 13.2. The van der Waals surface area contributed by atoms with Crippen LogP contribution in [0.3, 0.4) is 0 Å². The van der Waals surface area contributed by atoms with Crippen molar-refractivity contribution in [1.29, 1.82) is 0 Å². The molecule has 1 aromatic carbocycles. The predicted octanol–water partition coefficient (Wildman–Crippen LogP) is 0.517. The predicted molar refractivity (Wildman–Crippen MR) is 104 cm³/mol. The molecule has 2 aliphatic rings. The van der Waals surface area contributed by atoms with Crippen molar-refractivity contribution in [3.05, 3.63) is 35.6 Å². The Kier molecular flexibility index (Phi) is 7.54. The van der Waals surface area contributed by atoms with Crippen LogP contribution in [0.1, 0.15) is 18.4 Å². The highest BCUT2D eigenvalue weighted by atomic mass is 19.1. The maximum Gasteiger partial charge on any atom is 0.324 e. The summed E-state index contributed by atoms with van der Waals surface area (Å²) < 4.78 is 18.5. The van der Waals surface area contributed by atoms with E-state index in [1.807, 2.05) is 0 Å². The molecule has 0 aliphatic carbocycles. The van der Waals surface area contributed by atoms with E-state index in [9.17, 15) is 18.8 Å². The van der Waals surface area contributed by atoms with Crippen LogP contribution >= 0.6 is 0 Å². The second-order valence-electron chi connectivity index (χ2n) is 7.21. The summed E-state index contributed by atoms with van der Waals surface area (Å²) >= 11 is 0. The quantitative estimate of drug-likeness (QED) is 0.584. The fraction of sp³-hybridized carbons (Fsp3) is 0.550. The monoisotopic (exact) mass is 406 g/mol. The number of amides is 4. The molecule has 0 saturated carbocycles. The first-order chi connectivity index (χ1) is 14.0. The largest absolute Gasteiger partial charge is 0.379 e. The van der Waals surface area contributed by atoms with E-state index < -0.39 is 12.1 Å². The van der Waals surface area contributed by atoms with E-state index in [1.54, 1.807) is 12.1 Å². The number of hydrogen-bond acceptors (Lipinski definition) is 5. The molecule has 1 aromatic rings. The topological polar surface area (TPSA) is 91.0 Å². The highest BCUT2D eigenvalue weighted by Crippen LogP contribution is 2.13. The minimum absolute atomic E-state index is 0.140. The van der Waals surface area contributed by atoms with Gasteiger partial charge < -0.3 is 15.4 Å². The van der Waals surface area contributed by atoms with E-state index >= 15 is 0 Å². The Morgan fingerprint density at radius 1 is 1.24 bits per heavy atom. The van der Waals surface area contributed by atoms with Crippen LogP contribution in [0, 0.1) is 5.82 Å². The van der Waals surface area contributed by atoms with E-state index in [1.165, 1.54) is 12.1 Å². The summed E-state index contributed by atoms with van der Waals surface area (Å²) in [6.45, 7) is 4.65. The number of nitrogens with zero attached hydrogens (tertiary/aromatic N) is 2. The fourth-order valence-electron chi connectivity index (χ4n) is 3.46. The lowest BCUT2D eigenvalue weighted by Gasteiger charge is -2.26. The number of benzene rings is 1. The highest BCUT2D eigenvalue weighted by molar-refractivity contribution is 6.04. The number of nitrogens with one attached hydrogen (secondary N) is 2. The first-order valence-corrected chi connectivity index (χ1v) is 9.96. The van der Waals surface area contributed by atoms with Gasteiger partial charge in [0.2, 0.25) is 5.91 Å². The zero-order valence-electron chi connectivity index (χ0n) is 16.4. The van der Waals surface area contributed by atoms with Gasteiger partial charge in [0.15, 0.2) is 0 Å². The second kappa shape index (κ2) is 10.3. The van der Waals surface area contributed by atoms with Gasteiger partial charge >= 0.3 is 6.03 Å². The van der Waals surface area contributed by atoms with Gasteiger partial charge in [-0.2, -0.15) is 0 Å². The van der Waals surface area contributed by atoms with E-state index in [0.29, 0.717) is 31.7 Å². The lowest BCUT2D eigenvalue weighted by Crippen LogP contribution is -2.41. The Morgan fingerprint density at radius 3 is 2.79 bits per heavy atom. The fourth-order valence-corrected chi connectivity index (χ4v) is 3.46. The molecule has 0 bridgehead atoms. The average molecular weight is 406 g/mol. The molecule has 2 aliphatic heterocycles. The molecule has 29 heavy (non-hydrogen) atoms. The van der Waals surface area contributed by atoms with Crippen LogP contribution in [0.4, 0.5) is 9.18 Å². The van der Waals surface area contributed by atoms with Crippen LogP contribution in [-0.4, -0.2) is 79.6 Å². The molecule has 0 aromatic heterocycles. The molecule has 9 heteroatoms. The Hall–Kier alpha value is -2.52. The van der Waals surface area contributed by atoms with E-state index in [0.717, 1.165) is 24.5 Å². The Bertz CT molecular complexity index is 739. The average Bonchev–Trinajstić information content (AvgIpc) is 2.98. The summed E-state index contributed by atoms with van der Waals surface area (Å²) in [7, 11) is 0. The van der Waals surface area contributed by atoms with Crippen molar-refractivity contribution in [3.63, 3.8) is 0 Å². The van der Waals surface area contributed by atoms with Gasteiger partial charge in [0.05, 0.1) is 13.2 Å². The molecule has 0 spiro atoms. The summed E-state index contributed by atoms with van der Waals surface area (Å²) in [6.07, 6.45) is 0.799. The van der Waals surface area contributed by atoms with Gasteiger partial charge in [0, 0.05) is 39.1 Å². The number of urea groups is 1. The van der Waals surface area contributed by atoms with Gasteiger partial charge in [-0.15, -0.1) is 0 Å². The van der Waals surface area contributed by atoms with Gasteiger partial charge in [0.1, 0.15) is 11.9 Å². The zero-order valence-corrected chi connectivity index (χ0v) is 16.4. The lowest BCUT2D eigenvalue weighted by molar-refractivity contribution is -0.127. The second-order valence-corrected chi connectivity index (χ2v) is 7.21. The van der Waals surface area contributed by atoms with Crippen molar-refractivity contribution in [3.8, 4) is 0 Å².